The van der Waals surface area contributed by atoms with Gasteiger partial charge >= 0.3 is 0 Å². The quantitative estimate of drug-likeness (QED) is 0.448. The molecule has 0 fully saturated rings. The van der Waals surface area contributed by atoms with Crippen LogP contribution in [0, 0.1) is 0 Å². The SMILES string of the molecule is COc1cc(/C=N\Nc2cn[nH]c(=O)c2Cl)ccc1OCCc1ccccc1. The van der Waals surface area contributed by atoms with Crippen molar-refractivity contribution in [1.82, 2.24) is 10.2 Å². The highest BCUT2D eigenvalue weighted by Crippen LogP contribution is 2.27. The van der Waals surface area contributed by atoms with Crippen LogP contribution in [0.5, 0.6) is 11.5 Å². The van der Waals surface area contributed by atoms with Gasteiger partial charge in [0, 0.05) is 6.42 Å². The molecule has 8 heteroatoms. The summed E-state index contributed by atoms with van der Waals surface area (Å²) in [5.41, 5.74) is 4.52. The largest absolute Gasteiger partial charge is 0.493 e. The van der Waals surface area contributed by atoms with Crippen molar-refractivity contribution >= 4 is 23.5 Å². The molecule has 0 bridgehead atoms. The van der Waals surface area contributed by atoms with Crippen LogP contribution in [-0.2, 0) is 6.42 Å². The van der Waals surface area contributed by atoms with Crippen molar-refractivity contribution in [3.8, 4) is 11.5 Å². The topological polar surface area (TPSA) is 88.6 Å². The molecule has 28 heavy (non-hydrogen) atoms. The van der Waals surface area contributed by atoms with Crippen molar-refractivity contribution in [2.75, 3.05) is 19.1 Å². The van der Waals surface area contributed by atoms with Crippen molar-refractivity contribution in [2.45, 2.75) is 6.42 Å². The van der Waals surface area contributed by atoms with E-state index in [2.05, 4.69) is 32.9 Å². The number of benzene rings is 2. The van der Waals surface area contributed by atoms with Crippen molar-refractivity contribution in [3.63, 3.8) is 0 Å². The van der Waals surface area contributed by atoms with Gasteiger partial charge in [-0.25, -0.2) is 5.10 Å². The number of ether oxygens (including phenoxy) is 2. The molecule has 0 atom stereocenters. The maximum Gasteiger partial charge on any atom is 0.285 e. The number of halogens is 1. The fourth-order valence-corrected chi connectivity index (χ4v) is 2.58. The number of hydrogen-bond donors (Lipinski definition) is 2. The summed E-state index contributed by atoms with van der Waals surface area (Å²) < 4.78 is 11.2. The average Bonchev–Trinajstić information content (AvgIpc) is 2.72. The molecule has 0 aliphatic carbocycles. The van der Waals surface area contributed by atoms with Crippen LogP contribution in [0.25, 0.3) is 0 Å². The molecule has 1 aromatic heterocycles. The Labute approximate surface area is 167 Å². The second kappa shape index (κ2) is 9.57. The van der Waals surface area contributed by atoms with Crippen LogP contribution >= 0.6 is 11.6 Å². The number of methoxy groups -OCH3 is 1. The number of H-pyrrole nitrogens is 1. The summed E-state index contributed by atoms with van der Waals surface area (Å²) in [6, 6.07) is 15.6. The predicted molar refractivity (Wildman–Crippen MR) is 110 cm³/mol. The third-order valence-electron chi connectivity index (χ3n) is 3.87. The summed E-state index contributed by atoms with van der Waals surface area (Å²) >= 11 is 5.88. The number of nitrogens with one attached hydrogen (secondary N) is 2. The van der Waals surface area contributed by atoms with Gasteiger partial charge in [-0.15, -0.1) is 0 Å². The lowest BCUT2D eigenvalue weighted by Gasteiger charge is -2.11. The fourth-order valence-electron chi connectivity index (χ4n) is 2.45. The van der Waals surface area contributed by atoms with E-state index in [0.29, 0.717) is 23.8 Å². The highest BCUT2D eigenvalue weighted by atomic mass is 35.5. The molecule has 0 saturated heterocycles. The average molecular weight is 399 g/mol. The monoisotopic (exact) mass is 398 g/mol. The summed E-state index contributed by atoms with van der Waals surface area (Å²) in [7, 11) is 1.58. The Morgan fingerprint density at radius 2 is 2.04 bits per heavy atom. The van der Waals surface area contributed by atoms with E-state index >= 15 is 0 Å². The lowest BCUT2D eigenvalue weighted by molar-refractivity contribution is 0.297. The van der Waals surface area contributed by atoms with Gasteiger partial charge in [0.25, 0.3) is 5.56 Å². The van der Waals surface area contributed by atoms with Gasteiger partial charge in [0.15, 0.2) is 11.5 Å². The Kier molecular flexibility index (Phi) is 6.64. The zero-order valence-corrected chi connectivity index (χ0v) is 15.9. The molecule has 0 aliphatic heterocycles. The number of anilines is 1. The summed E-state index contributed by atoms with van der Waals surface area (Å²) in [5.74, 6) is 1.26. The number of nitrogens with zero attached hydrogens (tertiary/aromatic N) is 2. The zero-order chi connectivity index (χ0) is 19.8. The van der Waals surface area contributed by atoms with Gasteiger partial charge in [0.05, 0.1) is 26.1 Å². The van der Waals surface area contributed by atoms with Crippen LogP contribution in [0.3, 0.4) is 0 Å². The molecule has 0 spiro atoms. The molecule has 0 amide bonds. The van der Waals surface area contributed by atoms with E-state index in [1.54, 1.807) is 19.4 Å². The number of hydrazone groups is 1. The van der Waals surface area contributed by atoms with E-state index in [9.17, 15) is 4.79 Å². The highest BCUT2D eigenvalue weighted by Gasteiger charge is 2.06. The number of hydrogen-bond acceptors (Lipinski definition) is 6. The van der Waals surface area contributed by atoms with Crippen LogP contribution in [0.1, 0.15) is 11.1 Å². The predicted octanol–water partition coefficient (Wildman–Crippen LogP) is 3.50. The van der Waals surface area contributed by atoms with Gasteiger partial charge in [0.2, 0.25) is 0 Å². The molecule has 2 aromatic carbocycles. The van der Waals surface area contributed by atoms with Gasteiger partial charge in [-0.05, 0) is 29.3 Å². The van der Waals surface area contributed by atoms with E-state index in [1.165, 1.54) is 11.8 Å². The van der Waals surface area contributed by atoms with E-state index in [0.717, 1.165) is 12.0 Å². The number of aromatic amines is 1. The Balaban J connectivity index is 1.62. The van der Waals surface area contributed by atoms with Crippen molar-refractivity contribution in [1.29, 1.82) is 0 Å². The summed E-state index contributed by atoms with van der Waals surface area (Å²) in [5, 5.41) is 9.97. The highest BCUT2D eigenvalue weighted by molar-refractivity contribution is 6.32. The van der Waals surface area contributed by atoms with E-state index in [4.69, 9.17) is 21.1 Å². The summed E-state index contributed by atoms with van der Waals surface area (Å²) in [6.45, 7) is 0.545. The molecule has 3 rings (SSSR count). The smallest absolute Gasteiger partial charge is 0.285 e. The molecule has 0 unspecified atom stereocenters. The van der Waals surface area contributed by atoms with Crippen LogP contribution in [0.4, 0.5) is 5.69 Å². The van der Waals surface area contributed by atoms with E-state index in [1.807, 2.05) is 30.3 Å². The minimum absolute atomic E-state index is 0.00751. The van der Waals surface area contributed by atoms with Gasteiger partial charge < -0.3 is 9.47 Å². The molecular formula is C20H19ClN4O3. The Morgan fingerprint density at radius 3 is 2.82 bits per heavy atom. The lowest BCUT2D eigenvalue weighted by atomic mass is 10.2. The molecule has 2 N–H and O–H groups in total. The van der Waals surface area contributed by atoms with Crippen LogP contribution < -0.4 is 20.5 Å². The molecule has 1 heterocycles. The van der Waals surface area contributed by atoms with Crippen LogP contribution in [-0.4, -0.2) is 30.1 Å². The van der Waals surface area contributed by atoms with E-state index in [-0.39, 0.29) is 5.02 Å². The molecule has 144 valence electrons. The minimum atomic E-state index is -0.486. The first-order chi connectivity index (χ1) is 13.7. The zero-order valence-electron chi connectivity index (χ0n) is 15.2. The second-order valence-corrected chi connectivity index (χ2v) is 6.17. The maximum atomic E-state index is 11.4. The molecule has 0 radical (unpaired) electrons. The maximum absolute atomic E-state index is 11.4. The Morgan fingerprint density at radius 1 is 1.21 bits per heavy atom. The minimum Gasteiger partial charge on any atom is -0.493 e. The van der Waals surface area contributed by atoms with Gasteiger partial charge in [-0.2, -0.15) is 10.2 Å². The first-order valence-electron chi connectivity index (χ1n) is 8.54. The molecule has 7 nitrogen and oxygen atoms in total. The first kappa shape index (κ1) is 19.4. The number of rotatable bonds is 8. The number of aromatic nitrogens is 2. The van der Waals surface area contributed by atoms with Crippen molar-refractivity contribution < 1.29 is 9.47 Å². The third-order valence-corrected chi connectivity index (χ3v) is 4.25. The van der Waals surface area contributed by atoms with Gasteiger partial charge in [-0.3, -0.25) is 10.2 Å². The normalized spacial score (nSPS) is 10.8. The molecular weight excluding hydrogens is 380 g/mol. The van der Waals surface area contributed by atoms with Crippen LogP contribution in [0.15, 0.2) is 64.6 Å². The van der Waals surface area contributed by atoms with Crippen molar-refractivity contribution in [2.24, 2.45) is 5.10 Å². The molecule has 0 saturated carbocycles. The second-order valence-electron chi connectivity index (χ2n) is 5.79. The Bertz CT molecular complexity index is 1010. The Hall–Kier alpha value is -3.32. The molecule has 0 aliphatic rings. The summed E-state index contributed by atoms with van der Waals surface area (Å²) in [4.78, 5) is 11.4. The fraction of sp³-hybridized carbons (Fsp3) is 0.150. The van der Waals surface area contributed by atoms with Gasteiger partial charge in [-0.1, -0.05) is 41.9 Å². The summed E-state index contributed by atoms with van der Waals surface area (Å²) in [6.07, 6.45) is 3.77. The molecule has 3 aromatic rings. The standard InChI is InChI=1S/C20H19ClN4O3/c1-27-18-11-15(12-22-24-16-13-23-25-20(26)19(16)21)7-8-17(18)28-10-9-14-5-3-2-4-6-14/h2-8,11-13H,9-10H2,1H3,(H2,24,25,26)/b22-12-. The van der Waals surface area contributed by atoms with E-state index < -0.39 is 5.56 Å². The van der Waals surface area contributed by atoms with Gasteiger partial charge in [0.1, 0.15) is 10.7 Å². The third kappa shape index (κ3) is 5.11. The first-order valence-corrected chi connectivity index (χ1v) is 8.92. The van der Waals surface area contributed by atoms with Crippen molar-refractivity contribution in [3.05, 3.63) is 81.2 Å². The lowest BCUT2D eigenvalue weighted by Crippen LogP contribution is -2.10. The van der Waals surface area contributed by atoms with Crippen LogP contribution in [0.2, 0.25) is 5.02 Å².